The molecule has 2 saturated carbocycles. The Labute approximate surface area is 301 Å². The van der Waals surface area contributed by atoms with Gasteiger partial charge >= 0.3 is 0 Å². The summed E-state index contributed by atoms with van der Waals surface area (Å²) in [6, 6.07) is 0.703. The molecule has 4 aliphatic heterocycles. The van der Waals surface area contributed by atoms with Gasteiger partial charge in [0.25, 0.3) is 17.1 Å². The van der Waals surface area contributed by atoms with Gasteiger partial charge in [0, 0.05) is 34.2 Å². The quantitative estimate of drug-likeness (QED) is 0.226. The van der Waals surface area contributed by atoms with E-state index in [4.69, 9.17) is 27.8 Å². The van der Waals surface area contributed by atoms with E-state index >= 15 is 0 Å². The van der Waals surface area contributed by atoms with Crippen molar-refractivity contribution >= 4 is 17.1 Å². The van der Waals surface area contributed by atoms with Crippen LogP contribution in [0.4, 0.5) is 0 Å². The van der Waals surface area contributed by atoms with E-state index in [1.165, 1.54) is 64.2 Å². The van der Waals surface area contributed by atoms with Crippen molar-refractivity contribution in [3.05, 3.63) is 0 Å². The Morgan fingerprint density at radius 3 is 1.06 bits per heavy atom. The Kier molecular flexibility index (Phi) is 12.2. The number of nitrogens with zero attached hydrogens (tertiary/aromatic N) is 4. The molecule has 0 unspecified atom stereocenters. The third-order valence-electron chi connectivity index (χ3n) is 12.2. The Hall–Kier alpha value is 0.460. The lowest BCUT2D eigenvalue weighted by atomic mass is 9.79. The molecule has 4 heterocycles. The van der Waals surface area contributed by atoms with Crippen LogP contribution in [0.5, 0.6) is 0 Å². The molecule has 49 heavy (non-hydrogen) atoms. The van der Waals surface area contributed by atoms with E-state index in [-0.39, 0.29) is 27.6 Å². The fourth-order valence-corrected chi connectivity index (χ4v) is 13.2. The van der Waals surface area contributed by atoms with Crippen LogP contribution in [0, 0.1) is 5.41 Å². The predicted molar refractivity (Wildman–Crippen MR) is 198 cm³/mol. The van der Waals surface area contributed by atoms with Gasteiger partial charge in [-0.1, -0.05) is 38.5 Å². The molecule has 0 N–H and O–H groups in total. The minimum Gasteiger partial charge on any atom is -0.321 e. The zero-order valence-electron chi connectivity index (χ0n) is 32.7. The van der Waals surface area contributed by atoms with Gasteiger partial charge in [-0.25, -0.2) is 9.34 Å². The van der Waals surface area contributed by atoms with Gasteiger partial charge in [0.1, 0.15) is 0 Å². The van der Waals surface area contributed by atoms with E-state index in [1.807, 2.05) is 0 Å². The van der Waals surface area contributed by atoms with Crippen LogP contribution in [0.1, 0.15) is 145 Å². The molecule has 10 nitrogen and oxygen atoms in total. The summed E-state index contributed by atoms with van der Waals surface area (Å²) in [6.07, 6.45) is 17.3. The summed E-state index contributed by atoms with van der Waals surface area (Å²) < 4.78 is 31.0. The Morgan fingerprint density at radius 2 is 0.776 bits per heavy atom. The molecule has 284 valence electrons. The van der Waals surface area contributed by atoms with Gasteiger partial charge in [-0.3, -0.25) is 9.68 Å². The molecule has 0 radical (unpaired) electrons. The first-order valence-electron chi connectivity index (χ1n) is 19.5. The average molecular weight is 729 g/mol. The molecule has 0 aromatic rings. The molecule has 0 aromatic carbocycles. The van der Waals surface area contributed by atoms with E-state index in [0.29, 0.717) is 50.7 Å². The predicted octanol–water partition coefficient (Wildman–Crippen LogP) is 8.96. The van der Waals surface area contributed by atoms with Crippen LogP contribution in [-0.4, -0.2) is 106 Å². The van der Waals surface area contributed by atoms with E-state index in [9.17, 15) is 0 Å². The van der Waals surface area contributed by atoms with Gasteiger partial charge in [0.05, 0.1) is 44.1 Å². The second-order valence-electron chi connectivity index (χ2n) is 18.9. The summed E-state index contributed by atoms with van der Waals surface area (Å²) >= 11 is 0. The number of rotatable bonds is 8. The van der Waals surface area contributed by atoms with Crippen LogP contribution < -0.4 is 0 Å². The van der Waals surface area contributed by atoms with Gasteiger partial charge in [-0.2, -0.15) is 10.1 Å². The number of piperidine rings is 2. The summed E-state index contributed by atoms with van der Waals surface area (Å²) in [5.41, 5.74) is -0.584. The van der Waals surface area contributed by atoms with Gasteiger partial charge in [-0.05, 0) is 121 Å². The third-order valence-corrected chi connectivity index (χ3v) is 15.3. The fourth-order valence-electron chi connectivity index (χ4n) is 9.88. The average Bonchev–Trinajstić information content (AvgIpc) is 3.05. The first-order valence-corrected chi connectivity index (χ1v) is 21.8. The van der Waals surface area contributed by atoms with E-state index < -0.39 is 17.1 Å². The first-order chi connectivity index (χ1) is 23.0. The maximum absolute atomic E-state index is 6.75. The fraction of sp³-hybridized carbons (Fsp3) is 1.00. The monoisotopic (exact) mass is 728 g/mol. The number of hydrogen-bond acceptors (Lipinski definition) is 10. The SMILES string of the molecule is CN(C1CC(C)(C)N(OC2CCCCC2)C(C)(C)C1)P1OCC2(CO1)COP(N(C)C1CC(C)(C)N(OC3CCCCC3)C(C)(C)C1)OC2. The zero-order valence-corrected chi connectivity index (χ0v) is 34.5. The normalized spacial score (nSPS) is 35.8. The molecule has 0 amide bonds. The van der Waals surface area contributed by atoms with Crippen molar-refractivity contribution in [3.8, 4) is 0 Å². The number of hydroxylamine groups is 4. The van der Waals surface area contributed by atoms with E-state index in [0.717, 1.165) is 25.7 Å². The van der Waals surface area contributed by atoms with Crippen molar-refractivity contribution in [2.45, 2.75) is 192 Å². The molecule has 4 saturated heterocycles. The maximum atomic E-state index is 6.75. The summed E-state index contributed by atoms with van der Waals surface area (Å²) in [4.78, 5) is 13.5. The van der Waals surface area contributed by atoms with Gasteiger partial charge in [-0.15, -0.1) is 0 Å². The Balaban J connectivity index is 0.986. The van der Waals surface area contributed by atoms with Crippen LogP contribution in [0.2, 0.25) is 0 Å². The molecular weight excluding hydrogens is 658 g/mol. The Bertz CT molecular complexity index is 961. The third kappa shape index (κ3) is 8.89. The van der Waals surface area contributed by atoms with E-state index in [1.54, 1.807) is 0 Å². The largest absolute Gasteiger partial charge is 0.321 e. The van der Waals surface area contributed by atoms with Crippen LogP contribution in [-0.2, 0) is 27.8 Å². The molecule has 6 rings (SSSR count). The van der Waals surface area contributed by atoms with Crippen molar-refractivity contribution in [1.82, 2.24) is 19.5 Å². The minimum atomic E-state index is -1.15. The molecule has 6 fully saturated rings. The van der Waals surface area contributed by atoms with Crippen molar-refractivity contribution in [3.63, 3.8) is 0 Å². The highest BCUT2D eigenvalue weighted by molar-refractivity contribution is 7.45. The molecular formula is C37H70N4O6P2. The molecule has 0 aromatic heterocycles. The van der Waals surface area contributed by atoms with Crippen LogP contribution in [0.25, 0.3) is 0 Å². The molecule has 0 atom stereocenters. The smallest absolute Gasteiger partial charge is 0.258 e. The molecule has 12 heteroatoms. The zero-order chi connectivity index (χ0) is 35.2. The second-order valence-corrected chi connectivity index (χ2v) is 22.2. The van der Waals surface area contributed by atoms with Crippen molar-refractivity contribution in [2.24, 2.45) is 5.41 Å². The lowest BCUT2D eigenvalue weighted by molar-refractivity contribution is -0.312. The standard InChI is InChI=1S/C37H70N4O6P2/c1-33(2)21-29(22-34(3,4)40(33)46-31-17-13-11-14-18-31)38(9)48-42-25-37(26-43-48)27-44-49(45-28-37)39(10)30-23-35(5,6)41(36(7,8)24-30)47-32-19-15-12-16-20-32/h29-32H,11-28H2,1-10H3. The summed E-state index contributed by atoms with van der Waals surface area (Å²) in [5, 5.41) is 4.68. The van der Waals surface area contributed by atoms with Gasteiger partial charge < -0.3 is 18.1 Å². The van der Waals surface area contributed by atoms with Crippen LogP contribution in [0.3, 0.4) is 0 Å². The minimum absolute atomic E-state index is 0.0812. The maximum Gasteiger partial charge on any atom is 0.258 e. The topological polar surface area (TPSA) is 68.3 Å². The lowest BCUT2D eigenvalue weighted by Crippen LogP contribution is -2.64. The van der Waals surface area contributed by atoms with Crippen molar-refractivity contribution < 1.29 is 27.8 Å². The van der Waals surface area contributed by atoms with Gasteiger partial charge in [0.15, 0.2) is 0 Å². The second kappa shape index (κ2) is 15.3. The van der Waals surface area contributed by atoms with Crippen molar-refractivity contribution in [2.75, 3.05) is 40.5 Å². The summed E-state index contributed by atoms with van der Waals surface area (Å²) in [5.74, 6) is 0. The van der Waals surface area contributed by atoms with Gasteiger partial charge in [0.2, 0.25) is 0 Å². The molecule has 6 aliphatic rings. The molecule has 2 aliphatic carbocycles. The highest BCUT2D eigenvalue weighted by Crippen LogP contribution is 2.57. The summed E-state index contributed by atoms with van der Waals surface area (Å²) in [6.45, 7) is 21.1. The molecule has 1 spiro atoms. The number of hydrogen-bond donors (Lipinski definition) is 0. The van der Waals surface area contributed by atoms with Crippen LogP contribution >= 0.6 is 17.1 Å². The molecule has 0 bridgehead atoms. The van der Waals surface area contributed by atoms with Crippen molar-refractivity contribution in [1.29, 1.82) is 0 Å². The van der Waals surface area contributed by atoms with Crippen LogP contribution in [0.15, 0.2) is 0 Å². The lowest BCUT2D eigenvalue weighted by Gasteiger charge is -2.57. The highest BCUT2D eigenvalue weighted by atomic mass is 31.2. The Morgan fingerprint density at radius 1 is 0.490 bits per heavy atom. The highest BCUT2D eigenvalue weighted by Gasteiger charge is 2.53. The van der Waals surface area contributed by atoms with E-state index in [2.05, 4.69) is 89.0 Å². The summed E-state index contributed by atoms with van der Waals surface area (Å²) in [7, 11) is 2.09. The first kappa shape index (κ1) is 39.2.